The highest BCUT2D eigenvalue weighted by Gasteiger charge is 2.43. The largest absolute Gasteiger partial charge is 0.315 e. The minimum atomic E-state index is -0.0114. The molecule has 0 aromatic heterocycles. The van der Waals surface area contributed by atoms with Crippen LogP contribution < -0.4 is 5.32 Å². The lowest BCUT2D eigenvalue weighted by Gasteiger charge is -2.32. The Kier molecular flexibility index (Phi) is 3.47. The maximum absolute atomic E-state index is 9.04. The molecule has 1 unspecified atom stereocenters. The van der Waals surface area contributed by atoms with Crippen LogP contribution in [0.2, 0.25) is 0 Å². The van der Waals surface area contributed by atoms with Gasteiger partial charge in [0.2, 0.25) is 0 Å². The van der Waals surface area contributed by atoms with E-state index in [1.165, 1.54) is 19.5 Å². The summed E-state index contributed by atoms with van der Waals surface area (Å²) in [6, 6.07) is 2.44. The lowest BCUT2D eigenvalue weighted by Crippen LogP contribution is -2.38. The molecular weight excluding hydrogens is 210 g/mol. The summed E-state index contributed by atoms with van der Waals surface area (Å²) in [7, 11) is 2.21. The summed E-state index contributed by atoms with van der Waals surface area (Å²) in [5, 5.41) is 12.6. The van der Waals surface area contributed by atoms with E-state index in [9.17, 15) is 0 Å². The Labute approximate surface area is 105 Å². The molecular formula is C14H25N3. The van der Waals surface area contributed by atoms with Crippen molar-refractivity contribution < 1.29 is 0 Å². The lowest BCUT2D eigenvalue weighted by atomic mass is 9.78. The van der Waals surface area contributed by atoms with Crippen molar-refractivity contribution in [1.82, 2.24) is 10.2 Å². The molecule has 0 spiro atoms. The highest BCUT2D eigenvalue weighted by atomic mass is 15.1. The number of nitrogens with zero attached hydrogens (tertiary/aromatic N) is 2. The van der Waals surface area contributed by atoms with E-state index in [1.54, 1.807) is 0 Å². The van der Waals surface area contributed by atoms with Gasteiger partial charge in [-0.3, -0.25) is 0 Å². The zero-order chi connectivity index (χ0) is 12.5. The van der Waals surface area contributed by atoms with Crippen molar-refractivity contribution in [2.45, 2.75) is 33.1 Å². The number of nitrogens with one attached hydrogen (secondary N) is 1. The van der Waals surface area contributed by atoms with Crippen LogP contribution in [0.1, 0.15) is 33.1 Å². The van der Waals surface area contributed by atoms with E-state index in [0.717, 1.165) is 31.8 Å². The zero-order valence-electron chi connectivity index (χ0n) is 11.4. The summed E-state index contributed by atoms with van der Waals surface area (Å²) in [6.45, 7) is 9.09. The van der Waals surface area contributed by atoms with Gasteiger partial charge in [0, 0.05) is 19.6 Å². The third kappa shape index (κ3) is 3.00. The molecule has 2 rings (SSSR count). The van der Waals surface area contributed by atoms with E-state index in [0.29, 0.717) is 5.41 Å². The van der Waals surface area contributed by atoms with Crippen molar-refractivity contribution in [3.05, 3.63) is 0 Å². The number of rotatable bonds is 5. The molecule has 1 atom stereocenters. The van der Waals surface area contributed by atoms with Crippen LogP contribution >= 0.6 is 0 Å². The highest BCUT2D eigenvalue weighted by Crippen LogP contribution is 2.44. The summed E-state index contributed by atoms with van der Waals surface area (Å²) >= 11 is 0. The molecule has 3 heteroatoms. The van der Waals surface area contributed by atoms with E-state index in [4.69, 9.17) is 5.26 Å². The van der Waals surface area contributed by atoms with E-state index >= 15 is 0 Å². The molecule has 17 heavy (non-hydrogen) atoms. The van der Waals surface area contributed by atoms with Crippen molar-refractivity contribution in [1.29, 1.82) is 5.26 Å². The Morgan fingerprint density at radius 2 is 2.18 bits per heavy atom. The first-order valence-electron chi connectivity index (χ1n) is 6.78. The average molecular weight is 235 g/mol. The molecule has 1 aliphatic carbocycles. The zero-order valence-corrected chi connectivity index (χ0v) is 11.4. The number of hydrogen-bond acceptors (Lipinski definition) is 3. The number of nitriles is 1. The molecule has 1 saturated carbocycles. The second kappa shape index (κ2) is 4.59. The van der Waals surface area contributed by atoms with Crippen LogP contribution in [0.4, 0.5) is 0 Å². The first-order valence-corrected chi connectivity index (χ1v) is 6.78. The third-order valence-electron chi connectivity index (χ3n) is 4.63. The minimum absolute atomic E-state index is 0.0114. The van der Waals surface area contributed by atoms with Crippen molar-refractivity contribution in [2.75, 3.05) is 33.2 Å². The van der Waals surface area contributed by atoms with Gasteiger partial charge in [-0.2, -0.15) is 5.26 Å². The first kappa shape index (κ1) is 12.9. The van der Waals surface area contributed by atoms with Crippen LogP contribution in [-0.4, -0.2) is 38.1 Å². The fourth-order valence-electron chi connectivity index (χ4n) is 2.82. The molecule has 3 nitrogen and oxygen atoms in total. The van der Waals surface area contributed by atoms with Crippen LogP contribution in [0.25, 0.3) is 0 Å². The van der Waals surface area contributed by atoms with E-state index in [-0.39, 0.29) is 5.41 Å². The normalized spacial score (nSPS) is 28.0. The summed E-state index contributed by atoms with van der Waals surface area (Å²) in [6.07, 6.45) is 3.49. The van der Waals surface area contributed by atoms with E-state index in [1.807, 2.05) is 0 Å². The Bertz CT molecular complexity index is 312. The van der Waals surface area contributed by atoms with E-state index in [2.05, 4.69) is 37.2 Å². The highest BCUT2D eigenvalue weighted by molar-refractivity contribution is 5.11. The molecule has 2 aliphatic rings. The first-order chi connectivity index (χ1) is 7.97. The third-order valence-corrected chi connectivity index (χ3v) is 4.63. The van der Waals surface area contributed by atoms with Gasteiger partial charge in [-0.15, -0.1) is 0 Å². The SMILES string of the molecule is CN1CCC(C(C)(C)CNCC2(C#N)CC2)C1. The molecule has 1 heterocycles. The van der Waals surface area contributed by atoms with Crippen molar-refractivity contribution >= 4 is 0 Å². The van der Waals surface area contributed by atoms with Gasteiger partial charge >= 0.3 is 0 Å². The van der Waals surface area contributed by atoms with Crippen LogP contribution in [0.5, 0.6) is 0 Å². The van der Waals surface area contributed by atoms with Gasteiger partial charge < -0.3 is 10.2 Å². The quantitative estimate of drug-likeness (QED) is 0.790. The smallest absolute Gasteiger partial charge is 0.0703 e. The number of likely N-dealkylation sites (tertiary alicyclic amines) is 1. The Morgan fingerprint density at radius 3 is 2.65 bits per heavy atom. The molecule has 0 radical (unpaired) electrons. The second-order valence-corrected chi connectivity index (χ2v) is 6.73. The fraction of sp³-hybridized carbons (Fsp3) is 0.929. The van der Waals surface area contributed by atoms with Gasteiger partial charge in [0.25, 0.3) is 0 Å². The molecule has 1 saturated heterocycles. The monoisotopic (exact) mass is 235 g/mol. The van der Waals surface area contributed by atoms with Gasteiger partial charge in [-0.25, -0.2) is 0 Å². The molecule has 0 aromatic carbocycles. The topological polar surface area (TPSA) is 39.1 Å². The van der Waals surface area contributed by atoms with Crippen molar-refractivity contribution in [3.8, 4) is 6.07 Å². The van der Waals surface area contributed by atoms with E-state index < -0.39 is 0 Å². The summed E-state index contributed by atoms with van der Waals surface area (Å²) in [4.78, 5) is 2.42. The van der Waals surface area contributed by atoms with Crippen LogP contribution in [0.3, 0.4) is 0 Å². The summed E-state index contributed by atoms with van der Waals surface area (Å²) in [5.41, 5.74) is 0.332. The Morgan fingerprint density at radius 1 is 1.47 bits per heavy atom. The molecule has 1 aliphatic heterocycles. The van der Waals surface area contributed by atoms with Crippen LogP contribution in [0, 0.1) is 28.1 Å². The molecule has 0 aromatic rings. The molecule has 0 bridgehead atoms. The van der Waals surface area contributed by atoms with Gasteiger partial charge in [-0.05, 0) is 44.2 Å². The Balaban J connectivity index is 1.76. The minimum Gasteiger partial charge on any atom is -0.315 e. The van der Waals surface area contributed by atoms with Crippen LogP contribution in [0.15, 0.2) is 0 Å². The average Bonchev–Trinajstić information content (AvgIpc) is 2.92. The van der Waals surface area contributed by atoms with Crippen molar-refractivity contribution in [2.24, 2.45) is 16.7 Å². The molecule has 2 fully saturated rings. The Hall–Kier alpha value is -0.590. The standard InChI is InChI=1S/C14H25N3/c1-13(2,12-4-7-17(3)8-12)10-16-11-14(9-15)5-6-14/h12,16H,4-8,10-11H2,1-3H3. The van der Waals surface area contributed by atoms with Crippen LogP contribution in [-0.2, 0) is 0 Å². The van der Waals surface area contributed by atoms with Gasteiger partial charge in [0.1, 0.15) is 0 Å². The predicted octanol–water partition coefficient (Wildman–Crippen LogP) is 1.86. The van der Waals surface area contributed by atoms with Gasteiger partial charge in [0.05, 0.1) is 11.5 Å². The second-order valence-electron chi connectivity index (χ2n) is 6.73. The maximum Gasteiger partial charge on any atom is 0.0703 e. The molecule has 0 amide bonds. The number of hydrogen-bond donors (Lipinski definition) is 1. The maximum atomic E-state index is 9.04. The van der Waals surface area contributed by atoms with Gasteiger partial charge in [-0.1, -0.05) is 13.8 Å². The molecule has 96 valence electrons. The summed E-state index contributed by atoms with van der Waals surface area (Å²) in [5.74, 6) is 0.789. The fourth-order valence-corrected chi connectivity index (χ4v) is 2.82. The summed E-state index contributed by atoms with van der Waals surface area (Å²) < 4.78 is 0. The predicted molar refractivity (Wildman–Crippen MR) is 69.5 cm³/mol. The lowest BCUT2D eigenvalue weighted by molar-refractivity contribution is 0.204. The molecule has 1 N–H and O–H groups in total. The van der Waals surface area contributed by atoms with Crippen molar-refractivity contribution in [3.63, 3.8) is 0 Å². The van der Waals surface area contributed by atoms with Gasteiger partial charge in [0.15, 0.2) is 0 Å².